The van der Waals surface area contributed by atoms with E-state index in [0.29, 0.717) is 6.54 Å². The number of rotatable bonds is 9. The Labute approximate surface area is 185 Å². The number of hydrogen-bond donors (Lipinski definition) is 2. The number of carbonyl (C=O) groups excluding carboxylic acids is 1. The molecule has 1 saturated heterocycles. The molecule has 7 nitrogen and oxygen atoms in total. The molecule has 0 spiro atoms. The maximum Gasteiger partial charge on any atom is 0.240 e. The van der Waals surface area contributed by atoms with E-state index in [1.54, 1.807) is 18.4 Å². The van der Waals surface area contributed by atoms with Crippen LogP contribution in [-0.2, 0) is 20.2 Å². The lowest BCUT2D eigenvalue weighted by Gasteiger charge is -2.26. The minimum absolute atomic E-state index is 0.000488. The van der Waals surface area contributed by atoms with Crippen molar-refractivity contribution in [3.8, 4) is 0 Å². The third kappa shape index (κ3) is 6.41. The Morgan fingerprint density at radius 2 is 1.81 bits per heavy atom. The van der Waals surface area contributed by atoms with Gasteiger partial charge in [-0.05, 0) is 61.2 Å². The maximum atomic E-state index is 12.5. The van der Waals surface area contributed by atoms with Crippen LogP contribution in [0.15, 0.2) is 52.0 Å². The number of hydrogen-bond acceptors (Lipinski definition) is 5. The average molecular weight is 448 g/mol. The van der Waals surface area contributed by atoms with E-state index in [1.807, 2.05) is 24.3 Å². The molecular formula is C23H33N3O4S. The summed E-state index contributed by atoms with van der Waals surface area (Å²) >= 11 is 0. The molecule has 2 heterocycles. The molecule has 0 bridgehead atoms. The molecule has 2 aromatic rings. The number of carbonyl (C=O) groups is 1. The lowest BCUT2D eigenvalue weighted by Crippen LogP contribution is -2.37. The van der Waals surface area contributed by atoms with Gasteiger partial charge in [0.05, 0.1) is 17.2 Å². The molecule has 0 radical (unpaired) electrons. The van der Waals surface area contributed by atoms with Gasteiger partial charge in [0.15, 0.2) is 0 Å². The Bertz CT molecular complexity index is 942. The summed E-state index contributed by atoms with van der Waals surface area (Å²) in [6.45, 7) is 8.68. The Kier molecular flexibility index (Phi) is 7.56. The van der Waals surface area contributed by atoms with Crippen LogP contribution in [0.3, 0.4) is 0 Å². The third-order valence-electron chi connectivity index (χ3n) is 5.62. The summed E-state index contributed by atoms with van der Waals surface area (Å²) in [7, 11) is -3.65. The fourth-order valence-corrected chi connectivity index (χ4v) is 4.79. The minimum Gasteiger partial charge on any atom is -0.468 e. The molecule has 1 aromatic carbocycles. The number of nitrogens with one attached hydrogen (secondary N) is 2. The standard InChI is InChI=1S/C23H33N3O4S/c1-23(2,3)18-8-10-19(11-9-18)31(28,29)25-13-12-22(27)24-17-20(21-7-6-16-30-21)26-14-4-5-15-26/h6-11,16,20,25H,4-5,12-15,17H2,1-3H3,(H,24,27). The van der Waals surface area contributed by atoms with Gasteiger partial charge in [0.2, 0.25) is 15.9 Å². The Balaban J connectivity index is 1.49. The van der Waals surface area contributed by atoms with Crippen LogP contribution in [0.5, 0.6) is 0 Å². The minimum atomic E-state index is -3.65. The van der Waals surface area contributed by atoms with E-state index >= 15 is 0 Å². The van der Waals surface area contributed by atoms with Crippen LogP contribution in [0.4, 0.5) is 0 Å². The number of benzene rings is 1. The van der Waals surface area contributed by atoms with Crippen molar-refractivity contribution >= 4 is 15.9 Å². The fraction of sp³-hybridized carbons (Fsp3) is 0.522. The number of nitrogens with zero attached hydrogens (tertiary/aromatic N) is 1. The molecular weight excluding hydrogens is 414 g/mol. The van der Waals surface area contributed by atoms with Crippen molar-refractivity contribution in [2.45, 2.75) is 56.4 Å². The van der Waals surface area contributed by atoms with Crippen LogP contribution in [0.25, 0.3) is 0 Å². The van der Waals surface area contributed by atoms with E-state index < -0.39 is 10.0 Å². The van der Waals surface area contributed by atoms with Crippen molar-refractivity contribution in [1.29, 1.82) is 0 Å². The van der Waals surface area contributed by atoms with Crippen LogP contribution in [-0.4, -0.2) is 45.4 Å². The molecule has 8 heteroatoms. The van der Waals surface area contributed by atoms with Gasteiger partial charge in [-0.3, -0.25) is 9.69 Å². The Hall–Kier alpha value is -2.16. The Morgan fingerprint density at radius 3 is 2.39 bits per heavy atom. The zero-order valence-corrected chi connectivity index (χ0v) is 19.4. The van der Waals surface area contributed by atoms with E-state index in [-0.39, 0.29) is 35.2 Å². The van der Waals surface area contributed by atoms with E-state index in [9.17, 15) is 13.2 Å². The van der Waals surface area contributed by atoms with Gasteiger partial charge in [-0.1, -0.05) is 32.9 Å². The first-order valence-corrected chi connectivity index (χ1v) is 12.3. The molecule has 1 amide bonds. The first-order valence-electron chi connectivity index (χ1n) is 10.8. The van der Waals surface area contributed by atoms with Gasteiger partial charge in [0.25, 0.3) is 0 Å². The highest BCUT2D eigenvalue weighted by Gasteiger charge is 2.26. The topological polar surface area (TPSA) is 91.6 Å². The number of amides is 1. The first-order chi connectivity index (χ1) is 14.7. The highest BCUT2D eigenvalue weighted by molar-refractivity contribution is 7.89. The van der Waals surface area contributed by atoms with Gasteiger partial charge in [-0.2, -0.15) is 0 Å². The summed E-state index contributed by atoms with van der Waals surface area (Å²) in [5.41, 5.74) is 1.02. The van der Waals surface area contributed by atoms with Crippen LogP contribution in [0, 0.1) is 0 Å². The van der Waals surface area contributed by atoms with Crippen molar-refractivity contribution in [2.75, 3.05) is 26.2 Å². The highest BCUT2D eigenvalue weighted by Crippen LogP contribution is 2.25. The van der Waals surface area contributed by atoms with Gasteiger partial charge < -0.3 is 9.73 Å². The molecule has 1 unspecified atom stereocenters. The molecule has 3 rings (SSSR count). The molecule has 2 N–H and O–H groups in total. The molecule has 0 aliphatic carbocycles. The summed E-state index contributed by atoms with van der Waals surface area (Å²) in [5, 5.41) is 2.92. The smallest absolute Gasteiger partial charge is 0.240 e. The summed E-state index contributed by atoms with van der Waals surface area (Å²) in [4.78, 5) is 14.8. The number of likely N-dealkylation sites (tertiary alicyclic amines) is 1. The molecule has 1 aliphatic heterocycles. The van der Waals surface area contributed by atoms with Gasteiger partial charge >= 0.3 is 0 Å². The van der Waals surface area contributed by atoms with Gasteiger partial charge in [-0.15, -0.1) is 0 Å². The molecule has 0 saturated carbocycles. The van der Waals surface area contributed by atoms with Crippen molar-refractivity contribution in [3.63, 3.8) is 0 Å². The van der Waals surface area contributed by atoms with E-state index in [4.69, 9.17) is 4.42 Å². The van der Waals surface area contributed by atoms with E-state index in [2.05, 4.69) is 35.7 Å². The second-order valence-corrected chi connectivity index (χ2v) is 10.8. The van der Waals surface area contributed by atoms with Gasteiger partial charge in [-0.25, -0.2) is 13.1 Å². The van der Waals surface area contributed by atoms with Crippen molar-refractivity contribution in [1.82, 2.24) is 14.9 Å². The molecule has 31 heavy (non-hydrogen) atoms. The second kappa shape index (κ2) is 9.97. The zero-order chi connectivity index (χ0) is 22.5. The highest BCUT2D eigenvalue weighted by atomic mass is 32.2. The predicted octanol–water partition coefficient (Wildman–Crippen LogP) is 3.20. The lowest BCUT2D eigenvalue weighted by molar-refractivity contribution is -0.121. The summed E-state index contributed by atoms with van der Waals surface area (Å²) < 4.78 is 33.1. The lowest BCUT2D eigenvalue weighted by atomic mass is 9.87. The number of furan rings is 1. The quantitative estimate of drug-likeness (QED) is 0.616. The van der Waals surface area contributed by atoms with Crippen molar-refractivity contribution in [3.05, 3.63) is 54.0 Å². The Morgan fingerprint density at radius 1 is 1.13 bits per heavy atom. The van der Waals surface area contributed by atoms with E-state index in [1.165, 1.54) is 0 Å². The maximum absolute atomic E-state index is 12.5. The SMILES string of the molecule is CC(C)(C)c1ccc(S(=O)(=O)NCCC(=O)NCC(c2ccco2)N2CCCC2)cc1. The zero-order valence-electron chi connectivity index (χ0n) is 18.6. The fourth-order valence-electron chi connectivity index (χ4n) is 3.76. The van der Waals surface area contributed by atoms with Crippen LogP contribution in [0.2, 0.25) is 0 Å². The van der Waals surface area contributed by atoms with Crippen molar-refractivity contribution in [2.24, 2.45) is 0 Å². The van der Waals surface area contributed by atoms with Crippen LogP contribution in [0.1, 0.15) is 57.4 Å². The first kappa shape index (κ1) is 23.5. The van der Waals surface area contributed by atoms with Crippen LogP contribution < -0.4 is 10.0 Å². The van der Waals surface area contributed by atoms with Crippen molar-refractivity contribution < 1.29 is 17.6 Å². The second-order valence-electron chi connectivity index (χ2n) is 9.00. The van der Waals surface area contributed by atoms with Gasteiger partial charge in [0, 0.05) is 19.5 Å². The van der Waals surface area contributed by atoms with Gasteiger partial charge in [0.1, 0.15) is 5.76 Å². The molecule has 1 aromatic heterocycles. The average Bonchev–Trinajstić information content (AvgIpc) is 3.42. The predicted molar refractivity (Wildman–Crippen MR) is 120 cm³/mol. The normalized spacial score (nSPS) is 16.4. The molecule has 1 atom stereocenters. The molecule has 1 fully saturated rings. The number of sulfonamides is 1. The third-order valence-corrected chi connectivity index (χ3v) is 7.10. The largest absolute Gasteiger partial charge is 0.468 e. The van der Waals surface area contributed by atoms with E-state index in [0.717, 1.165) is 37.3 Å². The monoisotopic (exact) mass is 447 g/mol. The summed E-state index contributed by atoms with van der Waals surface area (Å²) in [6.07, 6.45) is 4.00. The van der Waals surface area contributed by atoms with Crippen LogP contribution >= 0.6 is 0 Å². The summed E-state index contributed by atoms with van der Waals surface area (Å²) in [5.74, 6) is 0.642. The molecule has 170 valence electrons. The molecule has 1 aliphatic rings. The summed E-state index contributed by atoms with van der Waals surface area (Å²) in [6, 6.07) is 10.6.